The van der Waals surface area contributed by atoms with Crippen molar-refractivity contribution < 1.29 is 14.6 Å². The predicted octanol–water partition coefficient (Wildman–Crippen LogP) is 2.18. The number of ether oxygens (including phenoxy) is 1. The molecule has 1 unspecified atom stereocenters. The standard InChI is InChI=1S/C9H11BrO3S/c1-13-9(12)8-6(4-5-14-8)2-3-7(10)11/h4-5,7,11H,2-3H2,1H3. The Kier molecular flexibility index (Phi) is 4.57. The van der Waals surface area contributed by atoms with Crippen LogP contribution in [-0.4, -0.2) is 23.2 Å². The summed E-state index contributed by atoms with van der Waals surface area (Å²) in [6.07, 6.45) is 1.25. The van der Waals surface area contributed by atoms with Gasteiger partial charge in [0.05, 0.1) is 7.11 Å². The van der Waals surface area contributed by atoms with Crippen LogP contribution >= 0.6 is 27.3 Å². The Balaban J connectivity index is 2.67. The third-order valence-electron chi connectivity index (χ3n) is 1.77. The summed E-state index contributed by atoms with van der Waals surface area (Å²) in [6.45, 7) is 0. The van der Waals surface area contributed by atoms with Crippen LogP contribution in [0.1, 0.15) is 21.7 Å². The van der Waals surface area contributed by atoms with Gasteiger partial charge in [-0.25, -0.2) is 4.79 Å². The van der Waals surface area contributed by atoms with Crippen LogP contribution in [0.4, 0.5) is 0 Å². The Morgan fingerprint density at radius 2 is 2.50 bits per heavy atom. The lowest BCUT2D eigenvalue weighted by Crippen LogP contribution is -2.04. The van der Waals surface area contributed by atoms with Gasteiger partial charge in [0.25, 0.3) is 0 Å². The molecule has 1 aromatic heterocycles. The van der Waals surface area contributed by atoms with Crippen molar-refractivity contribution in [3.8, 4) is 0 Å². The molecule has 0 amide bonds. The molecule has 1 aromatic rings. The molecule has 0 aliphatic heterocycles. The molecular formula is C9H11BrO3S. The van der Waals surface area contributed by atoms with Gasteiger partial charge in [0.1, 0.15) is 9.89 Å². The maximum absolute atomic E-state index is 11.3. The topological polar surface area (TPSA) is 46.5 Å². The molecule has 0 spiro atoms. The molecular weight excluding hydrogens is 268 g/mol. The average molecular weight is 279 g/mol. The number of methoxy groups -OCH3 is 1. The largest absolute Gasteiger partial charge is 0.465 e. The Labute approximate surface area is 94.8 Å². The summed E-state index contributed by atoms with van der Waals surface area (Å²) in [5.41, 5.74) is 0.931. The number of carbonyl (C=O) groups excluding carboxylic acids is 1. The minimum atomic E-state index is -0.520. The molecule has 0 bridgehead atoms. The van der Waals surface area contributed by atoms with Crippen molar-refractivity contribution in [2.75, 3.05) is 7.11 Å². The van der Waals surface area contributed by atoms with Gasteiger partial charge in [-0.2, -0.15) is 0 Å². The quantitative estimate of drug-likeness (QED) is 0.678. The van der Waals surface area contributed by atoms with Gasteiger partial charge < -0.3 is 9.84 Å². The summed E-state index contributed by atoms with van der Waals surface area (Å²) in [6, 6.07) is 1.88. The maximum Gasteiger partial charge on any atom is 0.348 e. The van der Waals surface area contributed by atoms with Gasteiger partial charge in [-0.1, -0.05) is 15.9 Å². The average Bonchev–Trinajstić information content (AvgIpc) is 2.61. The summed E-state index contributed by atoms with van der Waals surface area (Å²) in [7, 11) is 1.37. The van der Waals surface area contributed by atoms with Crippen LogP contribution in [0.2, 0.25) is 0 Å². The fourth-order valence-corrected chi connectivity index (χ4v) is 2.18. The molecule has 0 aromatic carbocycles. The molecule has 1 rings (SSSR count). The number of aliphatic hydroxyl groups excluding tert-OH is 1. The summed E-state index contributed by atoms with van der Waals surface area (Å²) in [5, 5.41) is 10.4. The summed E-state index contributed by atoms with van der Waals surface area (Å²) >= 11 is 4.40. The van der Waals surface area contributed by atoms with Gasteiger partial charge in [-0.05, 0) is 29.9 Å². The molecule has 0 saturated carbocycles. The fraction of sp³-hybridized carbons (Fsp3) is 0.444. The maximum atomic E-state index is 11.3. The zero-order valence-electron chi connectivity index (χ0n) is 7.70. The normalized spacial score (nSPS) is 12.5. The number of esters is 1. The van der Waals surface area contributed by atoms with E-state index in [4.69, 9.17) is 5.11 Å². The van der Waals surface area contributed by atoms with Crippen LogP contribution in [0.3, 0.4) is 0 Å². The number of alkyl halides is 1. The third-order valence-corrected chi connectivity index (χ3v) is 3.16. The lowest BCUT2D eigenvalue weighted by Gasteiger charge is -2.03. The molecule has 1 atom stereocenters. The number of hydrogen-bond acceptors (Lipinski definition) is 4. The van der Waals surface area contributed by atoms with E-state index in [0.29, 0.717) is 17.7 Å². The molecule has 0 aliphatic carbocycles. The smallest absolute Gasteiger partial charge is 0.348 e. The minimum Gasteiger partial charge on any atom is -0.465 e. The van der Waals surface area contributed by atoms with Gasteiger partial charge in [0.2, 0.25) is 0 Å². The van der Waals surface area contributed by atoms with E-state index in [1.807, 2.05) is 11.4 Å². The van der Waals surface area contributed by atoms with E-state index in [0.717, 1.165) is 5.56 Å². The predicted molar refractivity (Wildman–Crippen MR) is 58.9 cm³/mol. The highest BCUT2D eigenvalue weighted by atomic mass is 79.9. The van der Waals surface area contributed by atoms with Crippen LogP contribution in [0.5, 0.6) is 0 Å². The van der Waals surface area contributed by atoms with Crippen molar-refractivity contribution in [1.29, 1.82) is 0 Å². The zero-order chi connectivity index (χ0) is 10.6. The second-order valence-corrected chi connectivity index (χ2v) is 4.71. The van der Waals surface area contributed by atoms with Gasteiger partial charge in [-0.3, -0.25) is 0 Å². The molecule has 0 saturated heterocycles. The molecule has 1 N–H and O–H groups in total. The summed E-state index contributed by atoms with van der Waals surface area (Å²) in [5.74, 6) is -0.306. The summed E-state index contributed by atoms with van der Waals surface area (Å²) < 4.78 is 4.64. The van der Waals surface area contributed by atoms with Crippen LogP contribution in [0, 0.1) is 0 Å². The second kappa shape index (κ2) is 5.48. The van der Waals surface area contributed by atoms with Crippen molar-refractivity contribution in [2.45, 2.75) is 17.9 Å². The SMILES string of the molecule is COC(=O)c1sccc1CCC(O)Br. The monoisotopic (exact) mass is 278 g/mol. The highest BCUT2D eigenvalue weighted by molar-refractivity contribution is 9.09. The van der Waals surface area contributed by atoms with E-state index in [2.05, 4.69) is 20.7 Å². The van der Waals surface area contributed by atoms with Crippen molar-refractivity contribution in [3.05, 3.63) is 21.9 Å². The lowest BCUT2D eigenvalue weighted by atomic mass is 10.1. The number of thiophene rings is 1. The minimum absolute atomic E-state index is 0.306. The first-order valence-corrected chi connectivity index (χ1v) is 5.91. The first kappa shape index (κ1) is 11.7. The van der Waals surface area contributed by atoms with Crippen LogP contribution in [-0.2, 0) is 11.2 Å². The third kappa shape index (κ3) is 3.08. The van der Waals surface area contributed by atoms with Gasteiger partial charge in [0, 0.05) is 0 Å². The Bertz CT molecular complexity index is 309. The molecule has 0 radical (unpaired) electrons. The van der Waals surface area contributed by atoms with Gasteiger partial charge in [0.15, 0.2) is 0 Å². The highest BCUT2D eigenvalue weighted by Gasteiger charge is 2.13. The number of aliphatic hydroxyl groups is 1. The molecule has 3 nitrogen and oxygen atoms in total. The molecule has 1 heterocycles. The van der Waals surface area contributed by atoms with E-state index in [1.54, 1.807) is 0 Å². The molecule has 78 valence electrons. The number of halogens is 1. The Hall–Kier alpha value is -0.390. The zero-order valence-corrected chi connectivity index (χ0v) is 10.1. The second-order valence-electron chi connectivity index (χ2n) is 2.74. The highest BCUT2D eigenvalue weighted by Crippen LogP contribution is 2.20. The molecule has 0 fully saturated rings. The summed E-state index contributed by atoms with van der Waals surface area (Å²) in [4.78, 5) is 11.9. The Morgan fingerprint density at radius 1 is 1.79 bits per heavy atom. The number of aryl methyl sites for hydroxylation is 1. The van der Waals surface area contributed by atoms with Crippen LogP contribution in [0.25, 0.3) is 0 Å². The van der Waals surface area contributed by atoms with E-state index in [9.17, 15) is 4.79 Å². The van der Waals surface area contributed by atoms with Crippen molar-refractivity contribution in [3.63, 3.8) is 0 Å². The number of carbonyl (C=O) groups is 1. The first-order chi connectivity index (χ1) is 6.65. The molecule has 14 heavy (non-hydrogen) atoms. The Morgan fingerprint density at radius 3 is 3.07 bits per heavy atom. The number of rotatable bonds is 4. The molecule has 0 aliphatic rings. The van der Waals surface area contributed by atoms with E-state index >= 15 is 0 Å². The van der Waals surface area contributed by atoms with Crippen LogP contribution < -0.4 is 0 Å². The van der Waals surface area contributed by atoms with Gasteiger partial charge in [-0.15, -0.1) is 11.3 Å². The van der Waals surface area contributed by atoms with Crippen molar-refractivity contribution in [1.82, 2.24) is 0 Å². The fourth-order valence-electron chi connectivity index (χ4n) is 1.08. The van der Waals surface area contributed by atoms with Crippen molar-refractivity contribution >= 4 is 33.2 Å². The lowest BCUT2D eigenvalue weighted by molar-refractivity contribution is 0.0605. The first-order valence-electron chi connectivity index (χ1n) is 4.12. The van der Waals surface area contributed by atoms with Gasteiger partial charge >= 0.3 is 5.97 Å². The van der Waals surface area contributed by atoms with Crippen LogP contribution in [0.15, 0.2) is 11.4 Å². The van der Waals surface area contributed by atoms with E-state index < -0.39 is 5.01 Å². The molecule has 5 heteroatoms. The van der Waals surface area contributed by atoms with E-state index in [1.165, 1.54) is 18.4 Å². The number of hydrogen-bond donors (Lipinski definition) is 1. The van der Waals surface area contributed by atoms with E-state index in [-0.39, 0.29) is 5.97 Å². The van der Waals surface area contributed by atoms with Crippen molar-refractivity contribution in [2.24, 2.45) is 0 Å².